The monoisotopic (exact) mass is 224 g/mol. The molecule has 0 amide bonds. The molecule has 86 valence electrons. The Morgan fingerprint density at radius 2 is 1.94 bits per heavy atom. The second-order valence-corrected chi connectivity index (χ2v) is 3.93. The Kier molecular flexibility index (Phi) is 3.08. The van der Waals surface area contributed by atoms with Crippen LogP contribution in [0.1, 0.15) is 24.8 Å². The number of nitrogens with one attached hydrogen (secondary N) is 1. The van der Waals surface area contributed by atoms with E-state index in [9.17, 15) is 8.78 Å². The normalized spacial score (nSPS) is 15.9. The number of hydrogen-bond acceptors (Lipinski definition) is 2. The van der Waals surface area contributed by atoms with Gasteiger partial charge in [-0.15, -0.1) is 0 Å². The summed E-state index contributed by atoms with van der Waals surface area (Å²) in [5.41, 5.74) is 6.33. The van der Waals surface area contributed by atoms with Gasteiger partial charge in [-0.3, -0.25) is 0 Å². The van der Waals surface area contributed by atoms with Crippen LogP contribution in [0, 0.1) is 0 Å². The van der Waals surface area contributed by atoms with Gasteiger partial charge in [-0.05, 0) is 31.0 Å². The van der Waals surface area contributed by atoms with E-state index < -0.39 is 6.43 Å². The van der Waals surface area contributed by atoms with E-state index in [1.807, 2.05) is 0 Å². The fourth-order valence-corrected chi connectivity index (χ4v) is 1.85. The zero-order valence-electron chi connectivity index (χ0n) is 8.79. The highest BCUT2D eigenvalue weighted by Crippen LogP contribution is 2.30. The lowest BCUT2D eigenvalue weighted by Crippen LogP contribution is -2.16. The number of anilines is 2. The highest BCUT2D eigenvalue weighted by atomic mass is 19.3. The number of benzene rings is 1. The smallest absolute Gasteiger partial charge is 0.265 e. The standard InChI is InChI=1S/C12H14F2N2/c13-12(14)10-7-8(15)5-6-11(10)16-9-3-1-2-4-9/h1-2,5-7,9,12,16H,3-4,15H2. The van der Waals surface area contributed by atoms with Gasteiger partial charge in [0, 0.05) is 23.0 Å². The van der Waals surface area contributed by atoms with Crippen molar-refractivity contribution in [1.82, 2.24) is 0 Å². The molecule has 2 nitrogen and oxygen atoms in total. The number of rotatable bonds is 3. The van der Waals surface area contributed by atoms with Crippen LogP contribution in [0.15, 0.2) is 30.4 Å². The van der Waals surface area contributed by atoms with Gasteiger partial charge in [-0.1, -0.05) is 12.2 Å². The summed E-state index contributed by atoms with van der Waals surface area (Å²) in [4.78, 5) is 0. The molecule has 2 rings (SSSR count). The molecule has 1 aromatic rings. The van der Waals surface area contributed by atoms with Gasteiger partial charge in [-0.2, -0.15) is 0 Å². The van der Waals surface area contributed by atoms with Crippen molar-refractivity contribution in [2.24, 2.45) is 0 Å². The van der Waals surface area contributed by atoms with E-state index in [-0.39, 0.29) is 11.6 Å². The highest BCUT2D eigenvalue weighted by molar-refractivity contribution is 5.59. The predicted molar refractivity (Wildman–Crippen MR) is 61.6 cm³/mol. The lowest BCUT2D eigenvalue weighted by molar-refractivity contribution is 0.152. The summed E-state index contributed by atoms with van der Waals surface area (Å²) in [7, 11) is 0. The molecular formula is C12H14F2N2. The van der Waals surface area contributed by atoms with Crippen molar-refractivity contribution in [3.63, 3.8) is 0 Å². The fraction of sp³-hybridized carbons (Fsp3) is 0.333. The van der Waals surface area contributed by atoms with E-state index >= 15 is 0 Å². The number of nitrogens with two attached hydrogens (primary N) is 1. The Balaban J connectivity index is 2.18. The number of nitrogen functional groups attached to an aromatic ring is 1. The highest BCUT2D eigenvalue weighted by Gasteiger charge is 2.16. The Bertz CT molecular complexity index is 394. The first-order valence-electron chi connectivity index (χ1n) is 5.26. The molecule has 0 unspecified atom stereocenters. The zero-order valence-corrected chi connectivity index (χ0v) is 8.79. The van der Waals surface area contributed by atoms with Crippen LogP contribution in [0.5, 0.6) is 0 Å². The molecule has 4 heteroatoms. The first kappa shape index (κ1) is 10.9. The quantitative estimate of drug-likeness (QED) is 0.610. The van der Waals surface area contributed by atoms with Crippen LogP contribution in [-0.4, -0.2) is 6.04 Å². The van der Waals surface area contributed by atoms with Gasteiger partial charge in [0.1, 0.15) is 0 Å². The van der Waals surface area contributed by atoms with E-state index in [1.165, 1.54) is 6.07 Å². The van der Waals surface area contributed by atoms with Crippen molar-refractivity contribution in [3.8, 4) is 0 Å². The van der Waals surface area contributed by atoms with Crippen LogP contribution in [0.3, 0.4) is 0 Å². The van der Waals surface area contributed by atoms with Crippen LogP contribution < -0.4 is 11.1 Å². The molecule has 0 aliphatic heterocycles. The Labute approximate surface area is 93.1 Å². The largest absolute Gasteiger partial charge is 0.399 e. The van der Waals surface area contributed by atoms with Crippen molar-refractivity contribution in [2.45, 2.75) is 25.3 Å². The molecule has 0 fully saturated rings. The predicted octanol–water partition coefficient (Wildman–Crippen LogP) is 3.34. The summed E-state index contributed by atoms with van der Waals surface area (Å²) in [6, 6.07) is 4.81. The summed E-state index contributed by atoms with van der Waals surface area (Å²) in [6.07, 6.45) is 3.37. The van der Waals surface area contributed by atoms with Crippen molar-refractivity contribution in [3.05, 3.63) is 35.9 Å². The van der Waals surface area contributed by atoms with Gasteiger partial charge in [-0.25, -0.2) is 8.78 Å². The van der Waals surface area contributed by atoms with Crippen molar-refractivity contribution < 1.29 is 8.78 Å². The maximum atomic E-state index is 12.8. The van der Waals surface area contributed by atoms with Gasteiger partial charge >= 0.3 is 0 Å². The molecule has 16 heavy (non-hydrogen) atoms. The Morgan fingerprint density at radius 3 is 2.56 bits per heavy atom. The second-order valence-electron chi connectivity index (χ2n) is 3.93. The molecule has 0 radical (unpaired) electrons. The Morgan fingerprint density at radius 1 is 1.25 bits per heavy atom. The third-order valence-electron chi connectivity index (χ3n) is 2.68. The minimum atomic E-state index is -2.50. The first-order chi connectivity index (χ1) is 7.66. The molecule has 0 aromatic heterocycles. The van der Waals surface area contributed by atoms with Crippen molar-refractivity contribution in [2.75, 3.05) is 11.1 Å². The van der Waals surface area contributed by atoms with Crippen molar-refractivity contribution in [1.29, 1.82) is 0 Å². The molecule has 0 saturated heterocycles. The van der Waals surface area contributed by atoms with Gasteiger partial charge in [0.05, 0.1) is 0 Å². The lowest BCUT2D eigenvalue weighted by atomic mass is 10.1. The van der Waals surface area contributed by atoms with E-state index in [1.54, 1.807) is 12.1 Å². The lowest BCUT2D eigenvalue weighted by Gasteiger charge is -2.17. The van der Waals surface area contributed by atoms with Gasteiger partial charge < -0.3 is 11.1 Å². The van der Waals surface area contributed by atoms with E-state index in [2.05, 4.69) is 17.5 Å². The first-order valence-corrected chi connectivity index (χ1v) is 5.26. The molecule has 3 N–H and O–H groups in total. The SMILES string of the molecule is Nc1ccc(NC2CC=CC2)c(C(F)F)c1. The minimum absolute atomic E-state index is 0.0214. The average molecular weight is 224 g/mol. The summed E-state index contributed by atoms with van der Waals surface area (Å²) in [5.74, 6) is 0. The second kappa shape index (κ2) is 4.51. The average Bonchev–Trinajstić information content (AvgIpc) is 2.73. The minimum Gasteiger partial charge on any atom is -0.399 e. The van der Waals surface area contributed by atoms with Crippen LogP contribution in [0.4, 0.5) is 20.2 Å². The summed E-state index contributed by atoms with van der Waals surface area (Å²) in [5, 5.41) is 3.12. The van der Waals surface area contributed by atoms with Crippen LogP contribution in [0.2, 0.25) is 0 Å². The van der Waals surface area contributed by atoms with Gasteiger partial charge in [0.2, 0.25) is 0 Å². The Hall–Kier alpha value is -1.58. The molecule has 0 spiro atoms. The summed E-state index contributed by atoms with van der Waals surface area (Å²) < 4.78 is 25.5. The molecule has 1 aliphatic carbocycles. The molecule has 0 saturated carbocycles. The maximum Gasteiger partial charge on any atom is 0.265 e. The zero-order chi connectivity index (χ0) is 11.5. The molecular weight excluding hydrogens is 210 g/mol. The van der Waals surface area contributed by atoms with Crippen LogP contribution >= 0.6 is 0 Å². The van der Waals surface area contributed by atoms with Gasteiger partial charge in [0.15, 0.2) is 0 Å². The van der Waals surface area contributed by atoms with Crippen molar-refractivity contribution >= 4 is 11.4 Å². The topological polar surface area (TPSA) is 38.0 Å². The van der Waals surface area contributed by atoms with E-state index in [0.29, 0.717) is 11.4 Å². The van der Waals surface area contributed by atoms with Crippen LogP contribution in [-0.2, 0) is 0 Å². The third-order valence-corrected chi connectivity index (χ3v) is 2.68. The molecule has 0 bridgehead atoms. The molecule has 1 aliphatic rings. The number of halogens is 2. The third kappa shape index (κ3) is 2.32. The molecule has 0 heterocycles. The molecule has 0 atom stereocenters. The van der Waals surface area contributed by atoms with E-state index in [4.69, 9.17) is 5.73 Å². The maximum absolute atomic E-state index is 12.8. The fourth-order valence-electron chi connectivity index (χ4n) is 1.85. The molecule has 1 aromatic carbocycles. The van der Waals surface area contributed by atoms with Gasteiger partial charge in [0.25, 0.3) is 6.43 Å². The van der Waals surface area contributed by atoms with Crippen LogP contribution in [0.25, 0.3) is 0 Å². The van der Waals surface area contributed by atoms with E-state index in [0.717, 1.165) is 12.8 Å². The summed E-state index contributed by atoms with van der Waals surface area (Å²) in [6.45, 7) is 0. The number of alkyl halides is 2. The number of hydrogen-bond donors (Lipinski definition) is 2. The summed E-state index contributed by atoms with van der Waals surface area (Å²) >= 11 is 0.